The molecule has 0 fully saturated rings. The second-order valence-electron chi connectivity index (χ2n) is 4.69. The molecule has 0 saturated heterocycles. The van der Waals surface area contributed by atoms with Crippen LogP contribution in [-0.4, -0.2) is 18.3 Å². The van der Waals surface area contributed by atoms with Gasteiger partial charge in [0.05, 0.1) is 24.8 Å². The fourth-order valence-electron chi connectivity index (χ4n) is 1.96. The van der Waals surface area contributed by atoms with Crippen LogP contribution in [0.2, 0.25) is 0 Å². The molecule has 0 unspecified atom stereocenters. The predicted octanol–water partition coefficient (Wildman–Crippen LogP) is 3.69. The lowest BCUT2D eigenvalue weighted by atomic mass is 9.96. The number of rotatable bonds is 6. The monoisotopic (exact) mass is 327 g/mol. The van der Waals surface area contributed by atoms with Crippen LogP contribution in [0.3, 0.4) is 0 Å². The van der Waals surface area contributed by atoms with E-state index in [9.17, 15) is 18.3 Å². The molecule has 0 bridgehead atoms. The van der Waals surface area contributed by atoms with Gasteiger partial charge in [-0.3, -0.25) is 0 Å². The van der Waals surface area contributed by atoms with Crippen LogP contribution in [0.4, 0.5) is 13.2 Å². The molecule has 122 valence electrons. The van der Waals surface area contributed by atoms with Crippen LogP contribution < -0.4 is 10.5 Å². The quantitative estimate of drug-likeness (QED) is 0.838. The first-order valence-corrected chi connectivity index (χ1v) is 6.50. The third-order valence-corrected chi connectivity index (χ3v) is 3.19. The van der Waals surface area contributed by atoms with E-state index in [-0.39, 0.29) is 18.2 Å². The Morgan fingerprint density at radius 3 is 2.43 bits per heavy atom. The Bertz CT molecular complexity index is 441. The van der Waals surface area contributed by atoms with Crippen LogP contribution in [-0.2, 0) is 6.18 Å². The largest absolute Gasteiger partial charge is 0.496 e. The highest BCUT2D eigenvalue weighted by Crippen LogP contribution is 2.35. The summed E-state index contributed by atoms with van der Waals surface area (Å²) >= 11 is 0. The lowest BCUT2D eigenvalue weighted by molar-refractivity contribution is -0.137. The summed E-state index contributed by atoms with van der Waals surface area (Å²) in [5.74, 6) is 0.0443. The zero-order valence-electron chi connectivity index (χ0n) is 12.0. The molecule has 3 nitrogen and oxygen atoms in total. The van der Waals surface area contributed by atoms with Crippen LogP contribution >= 0.6 is 12.4 Å². The van der Waals surface area contributed by atoms with Gasteiger partial charge >= 0.3 is 6.18 Å². The van der Waals surface area contributed by atoms with E-state index in [1.807, 2.05) is 6.92 Å². The van der Waals surface area contributed by atoms with Crippen LogP contribution in [0.25, 0.3) is 0 Å². The van der Waals surface area contributed by atoms with Crippen molar-refractivity contribution in [3.8, 4) is 5.75 Å². The van der Waals surface area contributed by atoms with Gasteiger partial charge in [0.15, 0.2) is 0 Å². The second-order valence-corrected chi connectivity index (χ2v) is 4.69. The minimum atomic E-state index is -4.43. The zero-order valence-corrected chi connectivity index (χ0v) is 12.8. The molecule has 2 atom stereocenters. The molecule has 0 spiro atoms. The average molecular weight is 328 g/mol. The van der Waals surface area contributed by atoms with Crippen molar-refractivity contribution in [2.75, 3.05) is 7.11 Å². The molecular weight excluding hydrogens is 307 g/mol. The first-order chi connectivity index (χ1) is 9.31. The Hall–Kier alpha value is -0.980. The van der Waals surface area contributed by atoms with E-state index >= 15 is 0 Å². The first kappa shape index (κ1) is 20.0. The molecule has 0 aliphatic heterocycles. The molecule has 0 amide bonds. The molecular formula is C14H21ClF3NO2. The molecule has 0 aromatic heterocycles. The number of methoxy groups -OCH3 is 1. The number of nitrogens with two attached hydrogens (primary N) is 1. The fourth-order valence-corrected chi connectivity index (χ4v) is 1.96. The smallest absolute Gasteiger partial charge is 0.416 e. The van der Waals surface area contributed by atoms with Gasteiger partial charge in [-0.15, -0.1) is 12.4 Å². The van der Waals surface area contributed by atoms with Crippen molar-refractivity contribution in [1.82, 2.24) is 0 Å². The molecule has 0 heterocycles. The number of aliphatic hydroxyl groups is 1. The summed E-state index contributed by atoms with van der Waals surface area (Å²) in [4.78, 5) is 0. The number of alkyl halides is 3. The Labute approximate surface area is 128 Å². The SMILES string of the molecule is CCCC[C@H](O)[C@H](N)c1ccc(C(F)(F)F)cc1OC.Cl. The number of unbranched alkanes of at least 4 members (excludes halogenated alkanes) is 1. The van der Waals surface area contributed by atoms with Gasteiger partial charge in [-0.05, 0) is 18.6 Å². The standard InChI is InChI=1S/C14H20F3NO2.ClH/c1-3-4-5-11(19)13(18)10-7-6-9(14(15,16)17)8-12(10)20-2;/h6-8,11,13,19H,3-5,18H2,1-2H3;1H/t11-,13+;/m0./s1. The van der Waals surface area contributed by atoms with E-state index in [1.165, 1.54) is 13.2 Å². The topological polar surface area (TPSA) is 55.5 Å². The van der Waals surface area contributed by atoms with Crippen LogP contribution in [0.5, 0.6) is 5.75 Å². The Kier molecular flexibility index (Phi) is 8.06. The molecule has 1 aromatic rings. The Morgan fingerprint density at radius 1 is 1.33 bits per heavy atom. The number of aliphatic hydroxyl groups excluding tert-OH is 1. The molecule has 0 radical (unpaired) electrons. The summed E-state index contributed by atoms with van der Waals surface area (Å²) in [6, 6.07) is 2.35. The molecule has 21 heavy (non-hydrogen) atoms. The number of hydrogen-bond acceptors (Lipinski definition) is 3. The maximum Gasteiger partial charge on any atom is 0.416 e. The fraction of sp³-hybridized carbons (Fsp3) is 0.571. The number of benzene rings is 1. The molecule has 3 N–H and O–H groups in total. The highest BCUT2D eigenvalue weighted by atomic mass is 35.5. The zero-order chi connectivity index (χ0) is 15.3. The van der Waals surface area contributed by atoms with Crippen molar-refractivity contribution in [1.29, 1.82) is 0 Å². The van der Waals surface area contributed by atoms with Gasteiger partial charge in [-0.1, -0.05) is 25.8 Å². The van der Waals surface area contributed by atoms with Gasteiger partial charge in [0, 0.05) is 5.56 Å². The maximum absolute atomic E-state index is 12.6. The summed E-state index contributed by atoms with van der Waals surface area (Å²) < 4.78 is 42.8. The van der Waals surface area contributed by atoms with Crippen molar-refractivity contribution >= 4 is 12.4 Å². The third-order valence-electron chi connectivity index (χ3n) is 3.19. The summed E-state index contributed by atoms with van der Waals surface area (Å²) in [6.45, 7) is 1.98. The minimum Gasteiger partial charge on any atom is -0.496 e. The van der Waals surface area contributed by atoms with Gasteiger partial charge in [0.1, 0.15) is 5.75 Å². The van der Waals surface area contributed by atoms with Crippen LogP contribution in [0.1, 0.15) is 43.4 Å². The third kappa shape index (κ3) is 5.37. The Balaban J connectivity index is 0.00000400. The summed E-state index contributed by atoms with van der Waals surface area (Å²) in [7, 11) is 1.28. The molecule has 1 aromatic carbocycles. The minimum absolute atomic E-state index is 0. The van der Waals surface area contributed by atoms with Crippen molar-refractivity contribution in [3.63, 3.8) is 0 Å². The van der Waals surface area contributed by atoms with Crippen molar-refractivity contribution in [3.05, 3.63) is 29.3 Å². The molecule has 0 aliphatic rings. The molecule has 1 rings (SSSR count). The van der Waals surface area contributed by atoms with E-state index in [0.29, 0.717) is 12.0 Å². The number of hydrogen-bond donors (Lipinski definition) is 2. The first-order valence-electron chi connectivity index (χ1n) is 6.50. The maximum atomic E-state index is 12.6. The van der Waals surface area contributed by atoms with Gasteiger partial charge in [-0.2, -0.15) is 13.2 Å². The highest BCUT2D eigenvalue weighted by Gasteiger charge is 2.32. The number of halogens is 4. The van der Waals surface area contributed by atoms with E-state index in [2.05, 4.69) is 0 Å². The molecule has 0 saturated carbocycles. The summed E-state index contributed by atoms with van der Waals surface area (Å²) in [6.07, 6.45) is -3.02. The number of ether oxygens (including phenoxy) is 1. The molecule has 7 heteroatoms. The normalized spacial score (nSPS) is 14.2. The Morgan fingerprint density at radius 2 is 1.95 bits per heavy atom. The van der Waals surface area contributed by atoms with E-state index < -0.39 is 23.9 Å². The van der Waals surface area contributed by atoms with Crippen LogP contribution in [0, 0.1) is 0 Å². The van der Waals surface area contributed by atoms with Crippen LogP contribution in [0.15, 0.2) is 18.2 Å². The lowest BCUT2D eigenvalue weighted by Gasteiger charge is -2.22. The van der Waals surface area contributed by atoms with Crippen molar-refractivity contribution in [2.45, 2.75) is 44.5 Å². The average Bonchev–Trinajstić information content (AvgIpc) is 2.42. The van der Waals surface area contributed by atoms with E-state index in [4.69, 9.17) is 10.5 Å². The van der Waals surface area contributed by atoms with Gasteiger partial charge in [-0.25, -0.2) is 0 Å². The van der Waals surface area contributed by atoms with E-state index in [1.54, 1.807) is 0 Å². The predicted molar refractivity (Wildman–Crippen MR) is 77.7 cm³/mol. The highest BCUT2D eigenvalue weighted by molar-refractivity contribution is 5.85. The van der Waals surface area contributed by atoms with Crippen molar-refractivity contribution in [2.24, 2.45) is 5.73 Å². The van der Waals surface area contributed by atoms with Gasteiger partial charge in [0.2, 0.25) is 0 Å². The lowest BCUT2D eigenvalue weighted by Crippen LogP contribution is -2.26. The van der Waals surface area contributed by atoms with Gasteiger partial charge in [0.25, 0.3) is 0 Å². The second kappa shape index (κ2) is 8.46. The van der Waals surface area contributed by atoms with Gasteiger partial charge < -0.3 is 15.6 Å². The van der Waals surface area contributed by atoms with E-state index in [0.717, 1.165) is 25.0 Å². The molecule has 0 aliphatic carbocycles. The van der Waals surface area contributed by atoms with Crippen molar-refractivity contribution < 1.29 is 23.0 Å². The summed E-state index contributed by atoms with van der Waals surface area (Å²) in [5.41, 5.74) is 5.48. The summed E-state index contributed by atoms with van der Waals surface area (Å²) in [5, 5.41) is 9.95.